The zero-order valence-electron chi connectivity index (χ0n) is 26.3. The van der Waals surface area contributed by atoms with Gasteiger partial charge in [0.2, 0.25) is 15.9 Å². The van der Waals surface area contributed by atoms with Crippen LogP contribution in [-0.4, -0.2) is 75.7 Å². The van der Waals surface area contributed by atoms with Crippen LogP contribution in [0.2, 0.25) is 0 Å². The van der Waals surface area contributed by atoms with E-state index in [4.69, 9.17) is 14.2 Å². The minimum Gasteiger partial charge on any atom is -0.481 e. The number of carbonyl (C=O) groups is 1. The molecule has 0 aliphatic carbocycles. The van der Waals surface area contributed by atoms with Crippen molar-refractivity contribution in [2.45, 2.75) is 63.2 Å². The Morgan fingerprint density at radius 1 is 1.15 bits per heavy atom. The predicted octanol–water partition coefficient (Wildman–Crippen LogP) is 4.65. The highest BCUT2D eigenvalue weighted by molar-refractivity contribution is 7.89. The number of rotatable bonds is 8. The van der Waals surface area contributed by atoms with Crippen molar-refractivity contribution in [1.82, 2.24) is 24.3 Å². The van der Waals surface area contributed by atoms with Crippen molar-refractivity contribution in [2.24, 2.45) is 12.5 Å². The van der Waals surface area contributed by atoms with Crippen molar-refractivity contribution in [3.8, 4) is 11.6 Å². The molecular formula is C32H35F2N5O7S. The number of carboxylic acid groups (broad SMARTS) is 1. The minimum atomic E-state index is -4.07. The molecular weight excluding hydrogens is 636 g/mol. The first-order valence-corrected chi connectivity index (χ1v) is 16.5. The van der Waals surface area contributed by atoms with Crippen LogP contribution in [-0.2, 0) is 33.1 Å². The number of hydrogen-bond acceptors (Lipinski definition) is 9. The maximum absolute atomic E-state index is 14.1. The van der Waals surface area contributed by atoms with E-state index in [1.165, 1.54) is 27.3 Å². The maximum atomic E-state index is 14.1. The molecule has 1 unspecified atom stereocenters. The molecule has 15 heteroatoms. The van der Waals surface area contributed by atoms with Gasteiger partial charge in [-0.25, -0.2) is 18.1 Å². The average Bonchev–Trinajstić information content (AvgIpc) is 3.35. The van der Waals surface area contributed by atoms with Crippen molar-refractivity contribution >= 4 is 27.0 Å². The van der Waals surface area contributed by atoms with Crippen LogP contribution in [0.1, 0.15) is 54.9 Å². The molecule has 1 atom stereocenters. The van der Waals surface area contributed by atoms with Gasteiger partial charge in [0, 0.05) is 38.5 Å². The van der Waals surface area contributed by atoms with E-state index in [9.17, 15) is 27.1 Å². The molecule has 2 aliphatic heterocycles. The number of ether oxygens (including phenoxy) is 3. The predicted molar refractivity (Wildman–Crippen MR) is 165 cm³/mol. The van der Waals surface area contributed by atoms with E-state index in [-0.39, 0.29) is 40.6 Å². The highest BCUT2D eigenvalue weighted by atomic mass is 32.2. The van der Waals surface area contributed by atoms with Crippen molar-refractivity contribution < 1.29 is 41.3 Å². The van der Waals surface area contributed by atoms with E-state index >= 15 is 0 Å². The van der Waals surface area contributed by atoms with Crippen LogP contribution in [0.4, 0.5) is 8.78 Å². The van der Waals surface area contributed by atoms with Crippen molar-refractivity contribution in [3.63, 3.8) is 0 Å². The summed E-state index contributed by atoms with van der Waals surface area (Å²) in [5, 5.41) is 18.4. The molecule has 1 fully saturated rings. The molecule has 0 bridgehead atoms. The smallest absolute Gasteiger partial charge is 0.387 e. The fourth-order valence-electron chi connectivity index (χ4n) is 6.48. The summed E-state index contributed by atoms with van der Waals surface area (Å²) < 4.78 is 74.7. The summed E-state index contributed by atoms with van der Waals surface area (Å²) in [6.45, 7) is 2.63. The van der Waals surface area contributed by atoms with Crippen molar-refractivity contribution in [2.75, 3.05) is 19.8 Å². The topological polar surface area (TPSA) is 146 Å². The number of aliphatic carboxylic acids is 1. The third-order valence-corrected chi connectivity index (χ3v) is 10.9. The molecule has 1 spiro atoms. The van der Waals surface area contributed by atoms with Gasteiger partial charge in [-0.05, 0) is 67.3 Å². The second-order valence-electron chi connectivity index (χ2n) is 12.6. The molecule has 0 saturated carbocycles. The number of carboxylic acids is 1. The van der Waals surface area contributed by atoms with Crippen molar-refractivity contribution in [1.29, 1.82) is 0 Å². The molecule has 2 aromatic carbocycles. The molecule has 4 heterocycles. The number of aromatic nitrogens is 4. The lowest BCUT2D eigenvalue weighted by Gasteiger charge is -2.38. The second-order valence-corrected chi connectivity index (χ2v) is 14.5. The van der Waals surface area contributed by atoms with E-state index in [0.29, 0.717) is 42.7 Å². The van der Waals surface area contributed by atoms with E-state index in [1.807, 2.05) is 6.92 Å². The Bertz CT molecular complexity index is 1940. The zero-order valence-corrected chi connectivity index (χ0v) is 27.1. The second kappa shape index (κ2) is 12.1. The third-order valence-electron chi connectivity index (χ3n) is 9.10. The molecule has 0 amide bonds. The maximum Gasteiger partial charge on any atom is 0.387 e. The Labute approximate surface area is 270 Å². The van der Waals surface area contributed by atoms with Gasteiger partial charge in [-0.1, -0.05) is 23.4 Å². The molecule has 1 saturated heterocycles. The van der Waals surface area contributed by atoms with Crippen LogP contribution in [0.25, 0.3) is 11.0 Å². The van der Waals surface area contributed by atoms with Crippen molar-refractivity contribution in [3.05, 3.63) is 70.9 Å². The van der Waals surface area contributed by atoms with Gasteiger partial charge in [0.05, 0.1) is 25.2 Å². The number of alkyl halides is 2. The van der Waals surface area contributed by atoms with Gasteiger partial charge in [0.1, 0.15) is 21.5 Å². The monoisotopic (exact) mass is 671 g/mol. The van der Waals surface area contributed by atoms with Crippen LogP contribution in [0, 0.1) is 12.3 Å². The summed E-state index contributed by atoms with van der Waals surface area (Å²) in [5.41, 5.74) is 0.500. The minimum absolute atomic E-state index is 0.0362. The van der Waals surface area contributed by atoms with Crippen LogP contribution >= 0.6 is 0 Å². The number of halogens is 2. The van der Waals surface area contributed by atoms with Crippen LogP contribution in [0.5, 0.6) is 11.6 Å². The molecule has 250 valence electrons. The Morgan fingerprint density at radius 3 is 2.60 bits per heavy atom. The lowest BCUT2D eigenvalue weighted by Crippen LogP contribution is -2.50. The Hall–Kier alpha value is -4.21. The SMILES string of the molecule is Cc1ccc(C(c2cc(OC(F)F)c3c(c2)nnn3C)C(C)(C)C(=O)O)cc1CN1CC2(CCOCC2)Oc2ncccc2S1(=O)=O. The number of sulfonamides is 1. The fraction of sp³-hybridized carbons (Fsp3) is 0.438. The van der Waals surface area contributed by atoms with Gasteiger partial charge in [0.25, 0.3) is 0 Å². The Morgan fingerprint density at radius 2 is 1.89 bits per heavy atom. The summed E-state index contributed by atoms with van der Waals surface area (Å²) in [4.78, 5) is 16.9. The molecule has 2 aromatic heterocycles. The Balaban J connectivity index is 1.46. The van der Waals surface area contributed by atoms with Crippen LogP contribution in [0.15, 0.2) is 53.6 Å². The van der Waals surface area contributed by atoms with E-state index in [1.54, 1.807) is 51.2 Å². The Kier molecular flexibility index (Phi) is 8.43. The third kappa shape index (κ3) is 6.03. The highest BCUT2D eigenvalue weighted by Crippen LogP contribution is 2.45. The molecule has 6 rings (SSSR count). The number of pyridine rings is 1. The van der Waals surface area contributed by atoms with Gasteiger partial charge in [0.15, 0.2) is 5.75 Å². The summed E-state index contributed by atoms with van der Waals surface area (Å²) >= 11 is 0. The van der Waals surface area contributed by atoms with Gasteiger partial charge in [-0.15, -0.1) is 5.10 Å². The van der Waals surface area contributed by atoms with E-state index < -0.39 is 39.5 Å². The first-order valence-electron chi connectivity index (χ1n) is 15.0. The normalized spacial score (nSPS) is 18.4. The standard InChI is InChI=1S/C32H35F2N5O7S/c1-19-7-8-20(26(31(2,3)29(40)41)21-15-23-27(38(4)37-36-23)24(16-21)45-30(33)34)14-22(19)17-39-18-32(9-12-44-13-10-32)46-28-25(47(39,42)43)6-5-11-35-28/h5-8,11,14-16,26,30H,9-10,12-13,17-18H2,1-4H3,(H,40,41). The molecule has 4 aromatic rings. The number of nitrogens with zero attached hydrogens (tertiary/aromatic N) is 5. The molecule has 0 radical (unpaired) electrons. The fourth-order valence-corrected chi connectivity index (χ4v) is 8.04. The van der Waals surface area contributed by atoms with Crippen LogP contribution < -0.4 is 9.47 Å². The first-order chi connectivity index (χ1) is 22.2. The number of benzene rings is 2. The summed E-state index contributed by atoms with van der Waals surface area (Å²) in [6.07, 6.45) is 2.43. The molecule has 1 N–H and O–H groups in total. The lowest BCUT2D eigenvalue weighted by molar-refractivity contribution is -0.147. The highest BCUT2D eigenvalue weighted by Gasteiger charge is 2.46. The molecule has 12 nitrogen and oxygen atoms in total. The number of hydrogen-bond donors (Lipinski definition) is 1. The summed E-state index contributed by atoms with van der Waals surface area (Å²) in [5.74, 6) is -2.16. The van der Waals surface area contributed by atoms with Gasteiger partial charge in [-0.3, -0.25) is 4.79 Å². The van der Waals surface area contributed by atoms with Crippen LogP contribution in [0.3, 0.4) is 0 Å². The van der Waals surface area contributed by atoms with E-state index in [2.05, 4.69) is 15.3 Å². The number of aryl methyl sites for hydroxylation is 2. The van der Waals surface area contributed by atoms with Gasteiger partial charge in [-0.2, -0.15) is 13.1 Å². The van der Waals surface area contributed by atoms with Gasteiger partial charge >= 0.3 is 12.6 Å². The summed E-state index contributed by atoms with van der Waals surface area (Å²) in [6, 6.07) is 11.4. The number of fused-ring (bicyclic) bond motifs is 2. The molecule has 2 aliphatic rings. The summed E-state index contributed by atoms with van der Waals surface area (Å²) in [7, 11) is -2.53. The average molecular weight is 672 g/mol. The quantitative estimate of drug-likeness (QED) is 0.281. The van der Waals surface area contributed by atoms with E-state index in [0.717, 1.165) is 5.56 Å². The largest absolute Gasteiger partial charge is 0.481 e. The zero-order chi connectivity index (χ0) is 33.7. The lowest BCUT2D eigenvalue weighted by atomic mass is 9.70. The first kappa shape index (κ1) is 32.7. The van der Waals surface area contributed by atoms with Gasteiger partial charge < -0.3 is 19.3 Å². The molecule has 47 heavy (non-hydrogen) atoms.